The van der Waals surface area contributed by atoms with E-state index < -0.39 is 0 Å². The summed E-state index contributed by atoms with van der Waals surface area (Å²) < 4.78 is 0. The molecule has 0 saturated carbocycles. The van der Waals surface area contributed by atoms with Crippen molar-refractivity contribution >= 4 is 5.91 Å². The first kappa shape index (κ1) is 14.6. The maximum absolute atomic E-state index is 12.4. The Balaban J connectivity index is 2.14. The van der Waals surface area contributed by atoms with Crippen molar-refractivity contribution in [3.8, 4) is 11.8 Å². The third-order valence-electron chi connectivity index (χ3n) is 3.43. The third-order valence-corrected chi connectivity index (χ3v) is 3.43. The number of nitrogens with zero attached hydrogens (tertiary/aromatic N) is 1. The molecule has 106 valence electrons. The van der Waals surface area contributed by atoms with Gasteiger partial charge in [-0.15, -0.1) is 0 Å². The lowest BCUT2D eigenvalue weighted by Crippen LogP contribution is -2.37. The van der Waals surface area contributed by atoms with Gasteiger partial charge in [0.2, 0.25) is 0 Å². The summed E-state index contributed by atoms with van der Waals surface area (Å²) in [5, 5.41) is 18.0. The SMILES string of the molecule is O=C(c1cccc(C#CCCO)c1)N1CCCC1CO. The Hall–Kier alpha value is -1.83. The summed E-state index contributed by atoms with van der Waals surface area (Å²) in [4.78, 5) is 14.2. The lowest BCUT2D eigenvalue weighted by Gasteiger charge is -2.23. The highest BCUT2D eigenvalue weighted by Crippen LogP contribution is 2.20. The van der Waals surface area contributed by atoms with Crippen molar-refractivity contribution in [3.05, 3.63) is 35.4 Å². The van der Waals surface area contributed by atoms with E-state index in [0.717, 1.165) is 18.4 Å². The number of aliphatic hydroxyl groups is 2. The fourth-order valence-electron chi connectivity index (χ4n) is 2.41. The van der Waals surface area contributed by atoms with Crippen LogP contribution in [-0.2, 0) is 0 Å². The molecule has 1 aromatic rings. The van der Waals surface area contributed by atoms with Gasteiger partial charge in [0.15, 0.2) is 0 Å². The molecule has 20 heavy (non-hydrogen) atoms. The van der Waals surface area contributed by atoms with Crippen molar-refractivity contribution in [1.82, 2.24) is 4.90 Å². The van der Waals surface area contributed by atoms with Gasteiger partial charge in [0.1, 0.15) is 0 Å². The minimum Gasteiger partial charge on any atom is -0.395 e. The average molecular weight is 273 g/mol. The molecule has 0 radical (unpaired) electrons. The van der Waals surface area contributed by atoms with Crippen LogP contribution < -0.4 is 0 Å². The summed E-state index contributed by atoms with van der Waals surface area (Å²) in [6.07, 6.45) is 2.22. The molecule has 0 spiro atoms. The number of carbonyl (C=O) groups excluding carboxylic acids is 1. The minimum atomic E-state index is -0.0633. The lowest BCUT2D eigenvalue weighted by atomic mass is 10.1. The van der Waals surface area contributed by atoms with Crippen molar-refractivity contribution in [2.45, 2.75) is 25.3 Å². The smallest absolute Gasteiger partial charge is 0.254 e. The number of aliphatic hydroxyl groups excluding tert-OH is 2. The van der Waals surface area contributed by atoms with Crippen molar-refractivity contribution < 1.29 is 15.0 Å². The molecule has 1 unspecified atom stereocenters. The van der Waals surface area contributed by atoms with Gasteiger partial charge in [0.25, 0.3) is 5.91 Å². The second-order valence-electron chi connectivity index (χ2n) is 4.83. The van der Waals surface area contributed by atoms with Gasteiger partial charge >= 0.3 is 0 Å². The summed E-state index contributed by atoms with van der Waals surface area (Å²) in [6.45, 7) is 0.754. The molecule has 1 aliphatic heterocycles. The molecule has 1 aromatic carbocycles. The van der Waals surface area contributed by atoms with Crippen LogP contribution >= 0.6 is 0 Å². The van der Waals surface area contributed by atoms with Gasteiger partial charge < -0.3 is 15.1 Å². The van der Waals surface area contributed by atoms with E-state index in [0.29, 0.717) is 18.5 Å². The Morgan fingerprint density at radius 2 is 2.25 bits per heavy atom. The van der Waals surface area contributed by atoms with Gasteiger partial charge in [-0.1, -0.05) is 17.9 Å². The van der Waals surface area contributed by atoms with E-state index in [1.54, 1.807) is 23.1 Å². The Kier molecular flexibility index (Phi) is 5.16. The second kappa shape index (κ2) is 7.09. The zero-order valence-corrected chi connectivity index (χ0v) is 11.4. The summed E-state index contributed by atoms with van der Waals surface area (Å²) in [7, 11) is 0. The number of carbonyl (C=O) groups is 1. The molecule has 0 aromatic heterocycles. The molecule has 1 fully saturated rings. The molecule has 1 atom stereocenters. The van der Waals surface area contributed by atoms with Gasteiger partial charge in [0.05, 0.1) is 19.3 Å². The number of hydrogen-bond acceptors (Lipinski definition) is 3. The lowest BCUT2D eigenvalue weighted by molar-refractivity contribution is 0.0677. The quantitative estimate of drug-likeness (QED) is 0.808. The van der Waals surface area contributed by atoms with Crippen LogP contribution in [0.3, 0.4) is 0 Å². The highest BCUT2D eigenvalue weighted by Gasteiger charge is 2.28. The first-order chi connectivity index (χ1) is 9.76. The van der Waals surface area contributed by atoms with Crippen molar-refractivity contribution in [3.63, 3.8) is 0 Å². The van der Waals surface area contributed by atoms with Gasteiger partial charge in [-0.25, -0.2) is 0 Å². The van der Waals surface area contributed by atoms with Gasteiger partial charge in [-0.05, 0) is 31.0 Å². The molecule has 1 aliphatic rings. The Morgan fingerprint density at radius 3 is 3.00 bits per heavy atom. The van der Waals surface area contributed by atoms with Crippen molar-refractivity contribution in [1.29, 1.82) is 0 Å². The predicted octanol–water partition coefficient (Wildman–Crippen LogP) is 1.02. The normalized spacial score (nSPS) is 17.7. The Labute approximate surface area is 119 Å². The Bertz CT molecular complexity index is 530. The summed E-state index contributed by atoms with van der Waals surface area (Å²) in [5.74, 6) is 5.72. The maximum Gasteiger partial charge on any atom is 0.254 e. The monoisotopic (exact) mass is 273 g/mol. The molecule has 2 N–H and O–H groups in total. The minimum absolute atomic E-state index is 0.0156. The van der Waals surface area contributed by atoms with Crippen LogP contribution in [0.25, 0.3) is 0 Å². The summed E-state index contributed by atoms with van der Waals surface area (Å²) in [6, 6.07) is 7.12. The van der Waals surface area contributed by atoms with Gasteiger partial charge in [-0.2, -0.15) is 0 Å². The molecule has 1 heterocycles. The number of rotatable bonds is 3. The van der Waals surface area contributed by atoms with Gasteiger partial charge in [0, 0.05) is 24.1 Å². The predicted molar refractivity (Wildman–Crippen MR) is 76.2 cm³/mol. The van der Waals surface area contributed by atoms with Gasteiger partial charge in [-0.3, -0.25) is 4.79 Å². The van der Waals surface area contributed by atoms with E-state index in [2.05, 4.69) is 11.8 Å². The van der Waals surface area contributed by atoms with Crippen LogP contribution in [-0.4, -0.2) is 46.8 Å². The van der Waals surface area contributed by atoms with Crippen LogP contribution in [0.5, 0.6) is 0 Å². The van der Waals surface area contributed by atoms with Crippen LogP contribution in [0.1, 0.15) is 35.2 Å². The Morgan fingerprint density at radius 1 is 1.40 bits per heavy atom. The topological polar surface area (TPSA) is 60.8 Å². The molecular formula is C16H19NO3. The second-order valence-corrected chi connectivity index (χ2v) is 4.83. The van der Waals surface area contributed by atoms with Crippen LogP contribution in [0, 0.1) is 11.8 Å². The van der Waals surface area contributed by atoms with Crippen LogP contribution in [0.15, 0.2) is 24.3 Å². The molecule has 4 heteroatoms. The average Bonchev–Trinajstić information content (AvgIpc) is 2.95. The molecule has 2 rings (SSSR count). The van der Waals surface area contributed by atoms with E-state index in [1.165, 1.54) is 0 Å². The van der Waals surface area contributed by atoms with E-state index >= 15 is 0 Å². The molecule has 0 bridgehead atoms. The summed E-state index contributed by atoms with van der Waals surface area (Å²) >= 11 is 0. The van der Waals surface area contributed by atoms with Crippen LogP contribution in [0.4, 0.5) is 0 Å². The summed E-state index contributed by atoms with van der Waals surface area (Å²) in [5.41, 5.74) is 1.37. The van der Waals surface area contributed by atoms with E-state index in [1.807, 2.05) is 6.07 Å². The van der Waals surface area contributed by atoms with E-state index in [-0.39, 0.29) is 25.2 Å². The standard InChI is InChI=1S/C16H19NO3/c18-10-2-1-5-13-6-3-7-14(11-13)16(20)17-9-4-8-15(17)12-19/h3,6-7,11,15,18-19H,2,4,8-10,12H2. The maximum atomic E-state index is 12.4. The zero-order valence-electron chi connectivity index (χ0n) is 11.4. The largest absolute Gasteiger partial charge is 0.395 e. The molecule has 4 nitrogen and oxygen atoms in total. The van der Waals surface area contributed by atoms with Crippen LogP contribution in [0.2, 0.25) is 0 Å². The third kappa shape index (κ3) is 3.38. The highest BCUT2D eigenvalue weighted by molar-refractivity contribution is 5.95. The number of likely N-dealkylation sites (tertiary alicyclic amines) is 1. The molecular weight excluding hydrogens is 254 g/mol. The first-order valence-corrected chi connectivity index (χ1v) is 6.88. The fourth-order valence-corrected chi connectivity index (χ4v) is 2.41. The highest BCUT2D eigenvalue weighted by atomic mass is 16.3. The first-order valence-electron chi connectivity index (χ1n) is 6.88. The number of hydrogen-bond donors (Lipinski definition) is 2. The zero-order chi connectivity index (χ0) is 14.4. The molecule has 1 saturated heterocycles. The number of benzene rings is 1. The van der Waals surface area contributed by atoms with E-state index in [9.17, 15) is 9.90 Å². The molecule has 0 aliphatic carbocycles. The van der Waals surface area contributed by atoms with Crippen molar-refractivity contribution in [2.24, 2.45) is 0 Å². The number of amides is 1. The fraction of sp³-hybridized carbons (Fsp3) is 0.438. The molecule has 1 amide bonds. The van der Waals surface area contributed by atoms with E-state index in [4.69, 9.17) is 5.11 Å². The van der Waals surface area contributed by atoms with Crippen molar-refractivity contribution in [2.75, 3.05) is 19.8 Å².